The number of carbonyl (C=O) groups is 1. The molecule has 0 aliphatic heterocycles. The third kappa shape index (κ3) is 5.95. The van der Waals surface area contributed by atoms with Crippen molar-refractivity contribution in [3.63, 3.8) is 0 Å². The second-order valence-electron chi connectivity index (χ2n) is 10.6. The van der Waals surface area contributed by atoms with Gasteiger partial charge in [0.15, 0.2) is 11.0 Å². The highest BCUT2D eigenvalue weighted by atomic mass is 32.2. The molecule has 6 rings (SSSR count). The van der Waals surface area contributed by atoms with Crippen LogP contribution in [0.1, 0.15) is 44.2 Å². The Morgan fingerprint density at radius 1 is 0.976 bits per heavy atom. The first-order valence-electron chi connectivity index (χ1n) is 14.1. The van der Waals surface area contributed by atoms with Crippen LogP contribution in [0.4, 0.5) is 5.82 Å². The number of hydrogen-bond acceptors (Lipinski definition) is 6. The van der Waals surface area contributed by atoms with Crippen LogP contribution in [0, 0.1) is 12.8 Å². The Hall–Kier alpha value is -4.24. The van der Waals surface area contributed by atoms with Crippen molar-refractivity contribution in [1.82, 2.24) is 29.5 Å². The summed E-state index contributed by atoms with van der Waals surface area (Å²) < 4.78 is 4.02. The summed E-state index contributed by atoms with van der Waals surface area (Å²) in [4.78, 5) is 17.6. The minimum absolute atomic E-state index is 0.128. The van der Waals surface area contributed by atoms with E-state index in [1.54, 1.807) is 10.9 Å². The molecule has 0 radical (unpaired) electrons. The summed E-state index contributed by atoms with van der Waals surface area (Å²) in [5.74, 6) is 2.01. The molecule has 8 nitrogen and oxygen atoms in total. The number of nitrogens with one attached hydrogen (secondary N) is 1. The predicted octanol–water partition coefficient (Wildman–Crippen LogP) is 6.98. The number of carbonyl (C=O) groups excluding carboxylic acids is 1. The Kier molecular flexibility index (Phi) is 7.95. The molecule has 208 valence electrons. The van der Waals surface area contributed by atoms with E-state index in [9.17, 15) is 4.79 Å². The minimum Gasteiger partial charge on any atom is -0.310 e. The molecule has 1 aliphatic rings. The van der Waals surface area contributed by atoms with Crippen LogP contribution in [-0.2, 0) is 4.79 Å². The molecule has 1 N–H and O–H groups in total. The Balaban J connectivity index is 1.25. The largest absolute Gasteiger partial charge is 0.310 e. The minimum atomic E-state index is -0.128. The van der Waals surface area contributed by atoms with Crippen molar-refractivity contribution in [2.45, 2.75) is 50.7 Å². The van der Waals surface area contributed by atoms with Gasteiger partial charge in [0, 0.05) is 35.6 Å². The Morgan fingerprint density at radius 2 is 1.78 bits per heavy atom. The number of thioether (sulfide) groups is 1. The first-order chi connectivity index (χ1) is 20.1. The molecule has 1 amide bonds. The SMILES string of the molecule is Cc1ccc(-c2cc(NC(=O)CSc3nnc(-c4cccnc4)n3C3CCCCC3C)n(-c3ccccc3)n2)cc1. The lowest BCUT2D eigenvalue weighted by atomic mass is 9.85. The zero-order valence-electron chi connectivity index (χ0n) is 23.3. The van der Waals surface area contributed by atoms with Crippen LogP contribution in [-0.4, -0.2) is 41.2 Å². The summed E-state index contributed by atoms with van der Waals surface area (Å²) in [6.07, 6.45) is 8.25. The highest BCUT2D eigenvalue weighted by molar-refractivity contribution is 7.99. The van der Waals surface area contributed by atoms with E-state index in [-0.39, 0.29) is 17.7 Å². The van der Waals surface area contributed by atoms with Crippen molar-refractivity contribution in [1.29, 1.82) is 0 Å². The van der Waals surface area contributed by atoms with Crippen LogP contribution in [0.5, 0.6) is 0 Å². The second kappa shape index (κ2) is 12.1. The van der Waals surface area contributed by atoms with Gasteiger partial charge < -0.3 is 5.32 Å². The van der Waals surface area contributed by atoms with E-state index in [2.05, 4.69) is 51.0 Å². The van der Waals surface area contributed by atoms with Gasteiger partial charge in [-0.15, -0.1) is 10.2 Å². The molecule has 41 heavy (non-hydrogen) atoms. The van der Waals surface area contributed by atoms with Crippen molar-refractivity contribution in [2.75, 3.05) is 11.1 Å². The molecule has 2 atom stereocenters. The fourth-order valence-corrected chi connectivity index (χ4v) is 6.25. The Bertz CT molecular complexity index is 1610. The van der Waals surface area contributed by atoms with Crippen molar-refractivity contribution >= 4 is 23.5 Å². The Labute approximate surface area is 244 Å². The molecule has 5 aromatic rings. The number of pyridine rings is 1. The first-order valence-corrected chi connectivity index (χ1v) is 15.1. The number of amides is 1. The summed E-state index contributed by atoms with van der Waals surface area (Å²) in [6.45, 7) is 4.36. The maximum Gasteiger partial charge on any atom is 0.236 e. The average molecular weight is 564 g/mol. The second-order valence-corrected chi connectivity index (χ2v) is 11.6. The number of anilines is 1. The molecule has 1 aliphatic carbocycles. The van der Waals surface area contributed by atoms with E-state index in [0.717, 1.165) is 39.9 Å². The van der Waals surface area contributed by atoms with Gasteiger partial charge in [0.2, 0.25) is 5.91 Å². The lowest BCUT2D eigenvalue weighted by molar-refractivity contribution is -0.113. The van der Waals surface area contributed by atoms with Crippen LogP contribution in [0.2, 0.25) is 0 Å². The number of aryl methyl sites for hydroxylation is 1. The highest BCUT2D eigenvalue weighted by Gasteiger charge is 2.29. The van der Waals surface area contributed by atoms with E-state index in [4.69, 9.17) is 5.10 Å². The summed E-state index contributed by atoms with van der Waals surface area (Å²) in [7, 11) is 0. The normalized spacial score (nSPS) is 16.9. The predicted molar refractivity (Wildman–Crippen MR) is 163 cm³/mol. The van der Waals surface area contributed by atoms with E-state index in [1.165, 1.54) is 36.6 Å². The van der Waals surface area contributed by atoms with Crippen molar-refractivity contribution < 1.29 is 4.79 Å². The number of rotatable bonds is 8. The third-order valence-electron chi connectivity index (χ3n) is 7.64. The zero-order chi connectivity index (χ0) is 28.2. The van der Waals surface area contributed by atoms with Gasteiger partial charge in [-0.25, -0.2) is 4.68 Å². The van der Waals surface area contributed by atoms with E-state index in [0.29, 0.717) is 11.7 Å². The van der Waals surface area contributed by atoms with Crippen molar-refractivity contribution in [2.24, 2.45) is 5.92 Å². The molecule has 0 spiro atoms. The summed E-state index contributed by atoms with van der Waals surface area (Å²) in [5, 5.41) is 17.8. The van der Waals surface area contributed by atoms with E-state index >= 15 is 0 Å². The van der Waals surface area contributed by atoms with Gasteiger partial charge in [-0.2, -0.15) is 5.10 Å². The lowest BCUT2D eigenvalue weighted by Gasteiger charge is -2.31. The molecule has 3 aromatic heterocycles. The molecule has 9 heteroatoms. The van der Waals surface area contributed by atoms with Crippen LogP contribution < -0.4 is 5.32 Å². The molecule has 1 saturated carbocycles. The number of aromatic nitrogens is 6. The molecule has 3 heterocycles. The van der Waals surface area contributed by atoms with Gasteiger partial charge in [0.05, 0.1) is 17.1 Å². The summed E-state index contributed by atoms with van der Waals surface area (Å²) >= 11 is 1.42. The quantitative estimate of drug-likeness (QED) is 0.205. The number of nitrogens with zero attached hydrogens (tertiary/aromatic N) is 6. The van der Waals surface area contributed by atoms with Gasteiger partial charge >= 0.3 is 0 Å². The number of benzene rings is 2. The fourth-order valence-electron chi connectivity index (χ4n) is 5.46. The zero-order valence-corrected chi connectivity index (χ0v) is 24.1. The number of para-hydroxylation sites is 1. The average Bonchev–Trinajstić information content (AvgIpc) is 3.62. The van der Waals surface area contributed by atoms with E-state index in [1.807, 2.05) is 66.9 Å². The maximum absolute atomic E-state index is 13.3. The molecular weight excluding hydrogens is 530 g/mol. The molecule has 0 bridgehead atoms. The maximum atomic E-state index is 13.3. The number of hydrogen-bond donors (Lipinski definition) is 1. The standard InChI is InChI=1S/C32H33N7OS/c1-22-14-16-24(17-15-22)27-19-29(39(37-27)26-11-4-3-5-12-26)34-30(40)21-41-32-36-35-31(25-10-8-18-33-20-25)38(32)28-13-7-6-9-23(28)2/h3-5,8,10-12,14-20,23,28H,6-7,9,13,21H2,1-2H3,(H,34,40). The van der Waals surface area contributed by atoms with Gasteiger partial charge in [-0.1, -0.05) is 79.6 Å². The highest BCUT2D eigenvalue weighted by Crippen LogP contribution is 2.39. The summed E-state index contributed by atoms with van der Waals surface area (Å²) in [6, 6.07) is 24.2. The van der Waals surface area contributed by atoms with Gasteiger partial charge in [0.1, 0.15) is 5.82 Å². The van der Waals surface area contributed by atoms with Gasteiger partial charge in [-0.05, 0) is 49.9 Å². The third-order valence-corrected chi connectivity index (χ3v) is 8.58. The van der Waals surface area contributed by atoms with Crippen LogP contribution in [0.15, 0.2) is 90.3 Å². The van der Waals surface area contributed by atoms with Gasteiger partial charge in [0.25, 0.3) is 0 Å². The molecule has 1 fully saturated rings. The molecule has 2 aromatic carbocycles. The van der Waals surface area contributed by atoms with Gasteiger partial charge in [-0.3, -0.25) is 14.3 Å². The monoisotopic (exact) mass is 563 g/mol. The van der Waals surface area contributed by atoms with Crippen molar-refractivity contribution in [3.05, 3.63) is 90.8 Å². The first kappa shape index (κ1) is 27.0. The summed E-state index contributed by atoms with van der Waals surface area (Å²) in [5.41, 5.74) is 4.78. The van der Waals surface area contributed by atoms with Crippen LogP contribution >= 0.6 is 11.8 Å². The van der Waals surface area contributed by atoms with Crippen LogP contribution in [0.25, 0.3) is 28.3 Å². The van der Waals surface area contributed by atoms with Crippen LogP contribution in [0.3, 0.4) is 0 Å². The smallest absolute Gasteiger partial charge is 0.236 e. The fraction of sp³-hybridized carbons (Fsp3) is 0.281. The molecule has 0 saturated heterocycles. The molecular formula is C32H33N7OS. The molecule has 2 unspecified atom stereocenters. The topological polar surface area (TPSA) is 90.5 Å². The lowest BCUT2D eigenvalue weighted by Crippen LogP contribution is -2.23. The Morgan fingerprint density at radius 3 is 2.54 bits per heavy atom. The van der Waals surface area contributed by atoms with Crippen molar-refractivity contribution in [3.8, 4) is 28.3 Å². The van der Waals surface area contributed by atoms with E-state index < -0.39 is 0 Å².